The van der Waals surface area contributed by atoms with E-state index in [0.29, 0.717) is 12.6 Å². The average molecular weight is 420 g/mol. The van der Waals surface area contributed by atoms with Crippen molar-refractivity contribution in [2.75, 3.05) is 6.54 Å². The second-order valence-electron chi connectivity index (χ2n) is 8.64. The van der Waals surface area contributed by atoms with Crippen LogP contribution < -0.4 is 4.74 Å². The van der Waals surface area contributed by atoms with E-state index in [1.165, 1.54) is 12.8 Å². The van der Waals surface area contributed by atoms with Gasteiger partial charge < -0.3 is 9.84 Å². The predicted octanol–water partition coefficient (Wildman–Crippen LogP) is 5.41. The molecule has 1 heterocycles. The van der Waals surface area contributed by atoms with E-state index in [0.717, 1.165) is 53.5 Å². The lowest BCUT2D eigenvalue weighted by atomic mass is 10.1. The van der Waals surface area contributed by atoms with Gasteiger partial charge >= 0.3 is 0 Å². The fourth-order valence-corrected chi connectivity index (χ4v) is 4.04. The minimum atomic E-state index is -0.295. The Morgan fingerprint density at radius 1 is 1.13 bits per heavy atom. The Balaban J connectivity index is 1.69. The summed E-state index contributed by atoms with van der Waals surface area (Å²) in [4.78, 5) is 2.41. The van der Waals surface area contributed by atoms with Crippen molar-refractivity contribution in [3.63, 3.8) is 0 Å². The van der Waals surface area contributed by atoms with Gasteiger partial charge in [-0.3, -0.25) is 4.90 Å². The molecule has 2 aromatic carbocycles. The normalized spacial score (nSPS) is 14.7. The summed E-state index contributed by atoms with van der Waals surface area (Å²) in [6.07, 6.45) is 3.92. The number of aliphatic hydroxyl groups is 1. The highest BCUT2D eigenvalue weighted by Gasteiger charge is 2.32. The van der Waals surface area contributed by atoms with E-state index in [2.05, 4.69) is 24.8 Å². The maximum absolute atomic E-state index is 10.5. The molecule has 1 aliphatic carbocycles. The zero-order chi connectivity index (χ0) is 21.8. The van der Waals surface area contributed by atoms with Crippen LogP contribution in [-0.4, -0.2) is 38.5 Å². The summed E-state index contributed by atoms with van der Waals surface area (Å²) < 4.78 is 8.36. The number of ether oxygens (including phenoxy) is 1. The van der Waals surface area contributed by atoms with Gasteiger partial charge in [0.2, 0.25) is 5.88 Å². The van der Waals surface area contributed by atoms with Gasteiger partial charge in [-0.25, -0.2) is 4.68 Å². The molecule has 0 bridgehead atoms. The van der Waals surface area contributed by atoms with Crippen molar-refractivity contribution in [2.45, 2.75) is 65.1 Å². The lowest BCUT2D eigenvalue weighted by molar-refractivity contribution is 0.0961. The maximum Gasteiger partial charge on any atom is 0.227 e. The van der Waals surface area contributed by atoms with E-state index < -0.39 is 0 Å². The highest BCUT2D eigenvalue weighted by Crippen LogP contribution is 2.35. The van der Waals surface area contributed by atoms with Crippen molar-refractivity contribution < 1.29 is 9.84 Å². The van der Waals surface area contributed by atoms with Crippen LogP contribution in [-0.2, 0) is 6.54 Å². The Labute approximate surface area is 185 Å². The molecule has 5 heteroatoms. The lowest BCUT2D eigenvalue weighted by Crippen LogP contribution is -2.34. The monoisotopic (exact) mass is 419 g/mol. The van der Waals surface area contributed by atoms with Gasteiger partial charge in [-0.1, -0.05) is 43.7 Å². The molecular weight excluding hydrogens is 386 g/mol. The summed E-state index contributed by atoms with van der Waals surface area (Å²) in [5.41, 5.74) is 4.18. The van der Waals surface area contributed by atoms with Gasteiger partial charge in [-0.2, -0.15) is 5.10 Å². The predicted molar refractivity (Wildman–Crippen MR) is 124 cm³/mol. The second-order valence-corrected chi connectivity index (χ2v) is 8.64. The fourth-order valence-electron chi connectivity index (χ4n) is 4.04. The van der Waals surface area contributed by atoms with Gasteiger partial charge in [0.15, 0.2) is 0 Å². The number of aromatic nitrogens is 2. The molecule has 0 radical (unpaired) electrons. The molecule has 1 atom stereocenters. The molecule has 1 saturated carbocycles. The largest absolute Gasteiger partial charge is 0.439 e. The lowest BCUT2D eigenvalue weighted by Gasteiger charge is -2.25. The molecule has 31 heavy (non-hydrogen) atoms. The summed E-state index contributed by atoms with van der Waals surface area (Å²) >= 11 is 0. The van der Waals surface area contributed by atoms with Gasteiger partial charge in [0.25, 0.3) is 0 Å². The average Bonchev–Trinajstić information content (AvgIpc) is 3.55. The van der Waals surface area contributed by atoms with E-state index in [1.807, 2.05) is 60.1 Å². The number of rotatable bonds is 10. The van der Waals surface area contributed by atoms with E-state index in [1.54, 1.807) is 0 Å². The van der Waals surface area contributed by atoms with Crippen LogP contribution in [0.2, 0.25) is 0 Å². The molecule has 1 aliphatic rings. The van der Waals surface area contributed by atoms with E-state index in [4.69, 9.17) is 9.84 Å². The van der Waals surface area contributed by atoms with Crippen LogP contribution in [0, 0.1) is 13.8 Å². The zero-order valence-corrected chi connectivity index (χ0v) is 18.8. The molecule has 1 fully saturated rings. The zero-order valence-electron chi connectivity index (χ0n) is 18.8. The van der Waals surface area contributed by atoms with Crippen molar-refractivity contribution in [1.82, 2.24) is 14.7 Å². The Bertz CT molecular complexity index is 995. The highest BCUT2D eigenvalue weighted by molar-refractivity contribution is 5.43. The quantitative estimate of drug-likeness (QED) is 0.478. The number of aliphatic hydroxyl groups excluding tert-OH is 1. The first-order valence-corrected chi connectivity index (χ1v) is 11.4. The fraction of sp³-hybridized carbons (Fsp3) is 0.423. The van der Waals surface area contributed by atoms with Crippen LogP contribution in [0.5, 0.6) is 11.6 Å². The van der Waals surface area contributed by atoms with Crippen molar-refractivity contribution >= 4 is 0 Å². The summed E-state index contributed by atoms with van der Waals surface area (Å²) in [6.45, 7) is 7.65. The smallest absolute Gasteiger partial charge is 0.227 e. The number of hydrogen-bond acceptors (Lipinski definition) is 4. The highest BCUT2D eigenvalue weighted by atomic mass is 16.5. The molecule has 0 spiro atoms. The first-order valence-electron chi connectivity index (χ1n) is 11.4. The van der Waals surface area contributed by atoms with Crippen LogP contribution in [0.25, 0.3) is 5.69 Å². The van der Waals surface area contributed by atoms with Gasteiger partial charge in [0, 0.05) is 19.1 Å². The number of para-hydroxylation sites is 1. The summed E-state index contributed by atoms with van der Waals surface area (Å²) in [5.74, 6) is 1.56. The first kappa shape index (κ1) is 21.6. The summed E-state index contributed by atoms with van der Waals surface area (Å²) in [6, 6.07) is 18.8. The SMILES string of the molecule is CCC[C@H](O)CN(Cc1c(C)nn(-c2ccccc2)c1Oc1cccc(C)c1)C1CC1. The third-order valence-electron chi connectivity index (χ3n) is 5.83. The molecule has 164 valence electrons. The summed E-state index contributed by atoms with van der Waals surface area (Å²) in [7, 11) is 0. The molecular formula is C26H33N3O2. The van der Waals surface area contributed by atoms with Crippen molar-refractivity contribution in [3.05, 3.63) is 71.4 Å². The van der Waals surface area contributed by atoms with Crippen LogP contribution in [0.15, 0.2) is 54.6 Å². The molecule has 1 aromatic heterocycles. The minimum Gasteiger partial charge on any atom is -0.439 e. The number of nitrogens with zero attached hydrogens (tertiary/aromatic N) is 3. The third-order valence-corrected chi connectivity index (χ3v) is 5.83. The van der Waals surface area contributed by atoms with Gasteiger partial charge in [-0.05, 0) is 62.9 Å². The van der Waals surface area contributed by atoms with Gasteiger partial charge in [0.05, 0.1) is 23.0 Å². The second kappa shape index (κ2) is 9.67. The van der Waals surface area contributed by atoms with Gasteiger partial charge in [0.1, 0.15) is 5.75 Å². The Hall–Kier alpha value is -2.63. The first-order chi connectivity index (χ1) is 15.0. The molecule has 1 N–H and O–H groups in total. The van der Waals surface area contributed by atoms with Crippen molar-refractivity contribution in [2.24, 2.45) is 0 Å². The van der Waals surface area contributed by atoms with E-state index in [9.17, 15) is 5.11 Å². The third kappa shape index (κ3) is 5.35. The Morgan fingerprint density at radius 2 is 1.90 bits per heavy atom. The standard InChI is InChI=1S/C26H33N3O2/c1-4-9-23(30)17-28(21-14-15-21)18-25-20(3)27-29(22-11-6-5-7-12-22)26(25)31-24-13-8-10-19(2)16-24/h5-8,10-13,16,21,23,30H,4,9,14-15,17-18H2,1-3H3/t23-/m0/s1. The topological polar surface area (TPSA) is 50.5 Å². The molecule has 0 aliphatic heterocycles. The van der Waals surface area contributed by atoms with Crippen LogP contribution >= 0.6 is 0 Å². The van der Waals surface area contributed by atoms with Crippen LogP contribution in [0.4, 0.5) is 0 Å². The number of aryl methyl sites for hydroxylation is 2. The molecule has 0 saturated heterocycles. The maximum atomic E-state index is 10.5. The van der Waals surface area contributed by atoms with E-state index >= 15 is 0 Å². The molecule has 0 unspecified atom stereocenters. The van der Waals surface area contributed by atoms with Crippen molar-refractivity contribution in [1.29, 1.82) is 0 Å². The van der Waals surface area contributed by atoms with Crippen LogP contribution in [0.3, 0.4) is 0 Å². The van der Waals surface area contributed by atoms with Crippen molar-refractivity contribution in [3.8, 4) is 17.3 Å². The molecule has 4 rings (SSSR count). The Morgan fingerprint density at radius 3 is 2.58 bits per heavy atom. The number of benzene rings is 2. The van der Waals surface area contributed by atoms with E-state index in [-0.39, 0.29) is 6.10 Å². The molecule has 0 amide bonds. The Kier molecular flexibility index (Phi) is 6.73. The molecule has 3 aromatic rings. The molecule has 5 nitrogen and oxygen atoms in total. The van der Waals surface area contributed by atoms with Gasteiger partial charge in [-0.15, -0.1) is 0 Å². The summed E-state index contributed by atoms with van der Waals surface area (Å²) in [5, 5.41) is 15.3. The number of hydrogen-bond donors (Lipinski definition) is 1. The van der Waals surface area contributed by atoms with Crippen LogP contribution in [0.1, 0.15) is 49.4 Å². The minimum absolute atomic E-state index is 0.295.